The number of hydrogen-bond donors (Lipinski definition) is 1. The molecule has 0 spiro atoms. The molecule has 0 radical (unpaired) electrons. The normalized spacial score (nSPS) is 24.5. The van der Waals surface area contributed by atoms with Gasteiger partial charge in [-0.3, -0.25) is 0 Å². The molecule has 0 bridgehead atoms. The van der Waals surface area contributed by atoms with Crippen molar-refractivity contribution >= 4 is 17.4 Å². The number of anilines is 1. The van der Waals surface area contributed by atoms with Crippen LogP contribution in [-0.2, 0) is 4.74 Å². The molecule has 1 aromatic rings. The average molecular weight is 277 g/mol. The van der Waals surface area contributed by atoms with Gasteiger partial charge in [0.25, 0.3) is 0 Å². The summed E-state index contributed by atoms with van der Waals surface area (Å²) >= 11 is 2.05. The molecule has 1 aliphatic heterocycles. The van der Waals surface area contributed by atoms with Crippen molar-refractivity contribution in [2.45, 2.75) is 54.7 Å². The van der Waals surface area contributed by atoms with Gasteiger partial charge in [0.05, 0.1) is 6.61 Å². The van der Waals surface area contributed by atoms with Crippen molar-refractivity contribution in [1.82, 2.24) is 0 Å². The first-order valence-corrected chi connectivity index (χ1v) is 8.39. The Bertz CT molecular complexity index is 380. The predicted molar refractivity (Wildman–Crippen MR) is 82.0 cm³/mol. The Morgan fingerprint density at radius 3 is 2.47 bits per heavy atom. The zero-order valence-electron chi connectivity index (χ0n) is 11.4. The summed E-state index contributed by atoms with van der Waals surface area (Å²) in [6.45, 7) is 1.77. The van der Waals surface area contributed by atoms with E-state index >= 15 is 0 Å². The van der Waals surface area contributed by atoms with Crippen LogP contribution in [0.3, 0.4) is 0 Å². The molecule has 3 rings (SSSR count). The molecule has 0 aromatic heterocycles. The Morgan fingerprint density at radius 2 is 1.79 bits per heavy atom. The maximum atomic E-state index is 5.50. The van der Waals surface area contributed by atoms with Crippen LogP contribution >= 0.6 is 11.8 Å². The van der Waals surface area contributed by atoms with Gasteiger partial charge in [0.1, 0.15) is 0 Å². The second kappa shape index (κ2) is 6.67. The highest BCUT2D eigenvalue weighted by molar-refractivity contribution is 8.00. The van der Waals surface area contributed by atoms with E-state index in [1.165, 1.54) is 49.1 Å². The summed E-state index contributed by atoms with van der Waals surface area (Å²) in [6.07, 6.45) is 8.01. The van der Waals surface area contributed by atoms with Crippen molar-refractivity contribution in [3.8, 4) is 0 Å². The van der Waals surface area contributed by atoms with Gasteiger partial charge in [-0.1, -0.05) is 12.8 Å². The van der Waals surface area contributed by atoms with Crippen LogP contribution in [0.1, 0.15) is 38.5 Å². The molecule has 1 saturated heterocycles. The molecule has 2 nitrogen and oxygen atoms in total. The number of benzene rings is 1. The van der Waals surface area contributed by atoms with Crippen molar-refractivity contribution in [3.05, 3.63) is 24.3 Å². The molecule has 3 heteroatoms. The molecule has 1 aliphatic carbocycles. The zero-order chi connectivity index (χ0) is 12.9. The molecular formula is C16H23NOS. The molecule has 2 fully saturated rings. The lowest BCUT2D eigenvalue weighted by Crippen LogP contribution is -2.29. The largest absolute Gasteiger partial charge is 0.380 e. The molecule has 2 aliphatic rings. The molecule has 1 atom stereocenters. The van der Waals surface area contributed by atoms with E-state index in [0.29, 0.717) is 6.04 Å². The third-order valence-electron chi connectivity index (χ3n) is 3.99. The minimum Gasteiger partial charge on any atom is -0.380 e. The molecule has 19 heavy (non-hydrogen) atoms. The minimum atomic E-state index is 0.488. The first-order chi connectivity index (χ1) is 9.40. The first kappa shape index (κ1) is 13.3. The summed E-state index contributed by atoms with van der Waals surface area (Å²) in [5.41, 5.74) is 1.23. The van der Waals surface area contributed by atoms with Gasteiger partial charge < -0.3 is 10.1 Å². The third kappa shape index (κ3) is 3.90. The van der Waals surface area contributed by atoms with Crippen LogP contribution in [0.25, 0.3) is 0 Å². The second-order valence-corrected chi connectivity index (χ2v) is 6.98. The predicted octanol–water partition coefficient (Wildman–Crippen LogP) is 4.31. The highest BCUT2D eigenvalue weighted by Crippen LogP contribution is 2.35. The maximum Gasteiger partial charge on any atom is 0.0667 e. The fourth-order valence-corrected chi connectivity index (χ4v) is 4.17. The van der Waals surface area contributed by atoms with Gasteiger partial charge >= 0.3 is 0 Å². The average Bonchev–Trinajstić information content (AvgIpc) is 2.95. The van der Waals surface area contributed by atoms with Crippen LogP contribution in [0.5, 0.6) is 0 Å². The van der Waals surface area contributed by atoms with E-state index in [1.54, 1.807) is 0 Å². The van der Waals surface area contributed by atoms with E-state index in [0.717, 1.165) is 18.5 Å². The Balaban J connectivity index is 1.52. The summed E-state index contributed by atoms with van der Waals surface area (Å²) in [7, 11) is 0. The highest BCUT2D eigenvalue weighted by atomic mass is 32.2. The van der Waals surface area contributed by atoms with E-state index in [2.05, 4.69) is 41.3 Å². The second-order valence-electron chi connectivity index (χ2n) is 5.61. The number of nitrogens with one attached hydrogen (secondary N) is 1. The van der Waals surface area contributed by atoms with E-state index in [4.69, 9.17) is 4.74 Å². The summed E-state index contributed by atoms with van der Waals surface area (Å²) < 4.78 is 5.50. The quantitative estimate of drug-likeness (QED) is 0.886. The van der Waals surface area contributed by atoms with E-state index in [-0.39, 0.29) is 0 Å². The van der Waals surface area contributed by atoms with Gasteiger partial charge in [0.2, 0.25) is 0 Å². The fraction of sp³-hybridized carbons (Fsp3) is 0.625. The van der Waals surface area contributed by atoms with Crippen LogP contribution in [0.15, 0.2) is 29.2 Å². The van der Waals surface area contributed by atoms with Gasteiger partial charge in [-0.2, -0.15) is 0 Å². The monoisotopic (exact) mass is 277 g/mol. The molecule has 1 unspecified atom stereocenters. The highest BCUT2D eigenvalue weighted by Gasteiger charge is 2.16. The molecule has 1 saturated carbocycles. The van der Waals surface area contributed by atoms with E-state index in [1.807, 2.05) is 0 Å². The molecule has 1 heterocycles. The van der Waals surface area contributed by atoms with E-state index in [9.17, 15) is 0 Å². The zero-order valence-corrected chi connectivity index (χ0v) is 12.3. The summed E-state index contributed by atoms with van der Waals surface area (Å²) in [6, 6.07) is 9.43. The molecule has 1 N–H and O–H groups in total. The summed E-state index contributed by atoms with van der Waals surface area (Å²) in [5, 5.41) is 4.42. The molecule has 0 amide bonds. The number of rotatable bonds is 4. The number of thioether (sulfide) groups is 1. The van der Waals surface area contributed by atoms with Gasteiger partial charge in [-0.05, 0) is 49.9 Å². The van der Waals surface area contributed by atoms with Crippen LogP contribution < -0.4 is 5.32 Å². The van der Waals surface area contributed by atoms with Crippen LogP contribution in [0.4, 0.5) is 5.69 Å². The standard InChI is InChI=1S/C16H23NOS/c1-2-6-15(5-1)19-16-9-7-13(8-10-16)17-14-4-3-11-18-12-14/h7-10,14-15,17H,1-6,11-12H2. The van der Waals surface area contributed by atoms with Crippen molar-refractivity contribution in [3.63, 3.8) is 0 Å². The molecule has 104 valence electrons. The third-order valence-corrected chi connectivity index (χ3v) is 5.34. The number of hydrogen-bond acceptors (Lipinski definition) is 3. The van der Waals surface area contributed by atoms with Crippen molar-refractivity contribution in [2.75, 3.05) is 18.5 Å². The lowest BCUT2D eigenvalue weighted by Gasteiger charge is -2.24. The van der Waals surface area contributed by atoms with Crippen LogP contribution in [0.2, 0.25) is 0 Å². The summed E-state index contributed by atoms with van der Waals surface area (Å²) in [4.78, 5) is 1.41. The topological polar surface area (TPSA) is 21.3 Å². The van der Waals surface area contributed by atoms with Gasteiger partial charge in [-0.25, -0.2) is 0 Å². The van der Waals surface area contributed by atoms with Crippen LogP contribution in [-0.4, -0.2) is 24.5 Å². The minimum absolute atomic E-state index is 0.488. The van der Waals surface area contributed by atoms with Crippen molar-refractivity contribution in [2.24, 2.45) is 0 Å². The van der Waals surface area contributed by atoms with Gasteiger partial charge in [-0.15, -0.1) is 11.8 Å². The fourth-order valence-electron chi connectivity index (χ4n) is 2.92. The number of ether oxygens (including phenoxy) is 1. The lowest BCUT2D eigenvalue weighted by molar-refractivity contribution is 0.0876. The van der Waals surface area contributed by atoms with Gasteiger partial charge in [0, 0.05) is 28.5 Å². The summed E-state index contributed by atoms with van der Waals surface area (Å²) in [5.74, 6) is 0. The Morgan fingerprint density at radius 1 is 1.00 bits per heavy atom. The first-order valence-electron chi connectivity index (χ1n) is 7.51. The Labute approximate surface area is 120 Å². The lowest BCUT2D eigenvalue weighted by atomic mass is 10.1. The Hall–Kier alpha value is -0.670. The van der Waals surface area contributed by atoms with Crippen molar-refractivity contribution < 1.29 is 4.74 Å². The smallest absolute Gasteiger partial charge is 0.0667 e. The van der Waals surface area contributed by atoms with Crippen LogP contribution in [0, 0.1) is 0 Å². The van der Waals surface area contributed by atoms with Gasteiger partial charge in [0.15, 0.2) is 0 Å². The van der Waals surface area contributed by atoms with Crippen molar-refractivity contribution in [1.29, 1.82) is 0 Å². The molecule has 1 aromatic carbocycles. The Kier molecular flexibility index (Phi) is 4.67. The molecular weight excluding hydrogens is 254 g/mol. The van der Waals surface area contributed by atoms with E-state index < -0.39 is 0 Å². The SMILES string of the molecule is c1cc(SC2CCCC2)ccc1NC1CCCOC1. The maximum absolute atomic E-state index is 5.50.